The predicted octanol–water partition coefficient (Wildman–Crippen LogP) is 2.86. The Hall–Kier alpha value is -2.54. The van der Waals surface area contributed by atoms with Gasteiger partial charge < -0.3 is 10.1 Å². The van der Waals surface area contributed by atoms with Crippen LogP contribution in [0.5, 0.6) is 5.75 Å². The summed E-state index contributed by atoms with van der Waals surface area (Å²) in [5.74, 6) is 0.184. The van der Waals surface area contributed by atoms with Crippen molar-refractivity contribution >= 4 is 21.6 Å². The highest BCUT2D eigenvalue weighted by atomic mass is 32.2. The minimum atomic E-state index is -3.67. The van der Waals surface area contributed by atoms with Gasteiger partial charge in [-0.25, -0.2) is 8.42 Å². The molecule has 2 aromatic carbocycles. The van der Waals surface area contributed by atoms with E-state index in [4.69, 9.17) is 4.74 Å². The molecule has 0 aliphatic carbocycles. The van der Waals surface area contributed by atoms with Crippen molar-refractivity contribution in [3.63, 3.8) is 0 Å². The number of ether oxygens (including phenoxy) is 1. The molecule has 6 nitrogen and oxygen atoms in total. The van der Waals surface area contributed by atoms with Crippen LogP contribution in [0.15, 0.2) is 48.5 Å². The molecule has 2 aromatic rings. The van der Waals surface area contributed by atoms with Crippen molar-refractivity contribution in [1.82, 2.24) is 5.32 Å². The van der Waals surface area contributed by atoms with E-state index in [0.717, 1.165) is 21.7 Å². The smallest absolute Gasteiger partial charge is 0.244 e. The van der Waals surface area contributed by atoms with Crippen molar-refractivity contribution in [2.45, 2.75) is 32.9 Å². The Morgan fingerprint density at radius 3 is 2.48 bits per heavy atom. The molecule has 0 radical (unpaired) electrons. The van der Waals surface area contributed by atoms with Gasteiger partial charge in [0.1, 0.15) is 11.8 Å². The zero-order valence-corrected chi connectivity index (χ0v) is 16.9. The Balaban J connectivity index is 2.27. The number of hydrogen-bond donors (Lipinski definition) is 1. The summed E-state index contributed by atoms with van der Waals surface area (Å²) in [6.07, 6.45) is 1.44. The van der Waals surface area contributed by atoms with Gasteiger partial charge in [0.15, 0.2) is 0 Å². The van der Waals surface area contributed by atoms with Gasteiger partial charge in [-0.2, -0.15) is 0 Å². The van der Waals surface area contributed by atoms with Gasteiger partial charge in [-0.05, 0) is 31.0 Å². The molecule has 0 heterocycles. The molecule has 0 saturated carbocycles. The maximum Gasteiger partial charge on any atom is 0.244 e. The van der Waals surface area contributed by atoms with Crippen LogP contribution in [0.4, 0.5) is 5.69 Å². The monoisotopic (exact) mass is 390 g/mol. The van der Waals surface area contributed by atoms with Crippen molar-refractivity contribution in [2.75, 3.05) is 17.7 Å². The van der Waals surface area contributed by atoms with Crippen molar-refractivity contribution in [1.29, 1.82) is 0 Å². The molecule has 7 heteroatoms. The van der Waals surface area contributed by atoms with E-state index >= 15 is 0 Å². The minimum absolute atomic E-state index is 0.337. The fourth-order valence-electron chi connectivity index (χ4n) is 2.94. The number of carbonyl (C=O) groups excluding carboxylic acids is 1. The molecule has 1 amide bonds. The van der Waals surface area contributed by atoms with Crippen LogP contribution < -0.4 is 14.4 Å². The van der Waals surface area contributed by atoms with E-state index in [0.29, 0.717) is 24.4 Å². The van der Waals surface area contributed by atoms with Gasteiger partial charge in [0, 0.05) is 12.6 Å². The zero-order valence-electron chi connectivity index (χ0n) is 16.1. The number of nitrogens with zero attached hydrogens (tertiary/aromatic N) is 1. The summed E-state index contributed by atoms with van der Waals surface area (Å²) in [6, 6.07) is 13.6. The molecule has 0 spiro atoms. The molecule has 0 aliphatic rings. The van der Waals surface area contributed by atoms with E-state index < -0.39 is 16.1 Å². The van der Waals surface area contributed by atoms with Crippen LogP contribution in [-0.4, -0.2) is 33.7 Å². The molecule has 0 saturated heterocycles. The molecular weight excluding hydrogens is 364 g/mol. The normalized spacial score (nSPS) is 12.3. The van der Waals surface area contributed by atoms with E-state index in [1.54, 1.807) is 31.2 Å². The minimum Gasteiger partial charge on any atom is -0.497 e. The third kappa shape index (κ3) is 5.47. The molecule has 0 aliphatic heterocycles. The van der Waals surface area contributed by atoms with E-state index in [9.17, 15) is 13.2 Å². The zero-order chi connectivity index (χ0) is 20.0. The number of rotatable bonds is 8. The first kappa shape index (κ1) is 20.8. The SMILES string of the molecule is CCC(C(=O)NCc1cccc(C)c1)N(c1cccc(OC)c1)S(C)(=O)=O. The lowest BCUT2D eigenvalue weighted by molar-refractivity contribution is -0.122. The fraction of sp³-hybridized carbons (Fsp3) is 0.350. The number of sulfonamides is 1. The molecule has 1 N–H and O–H groups in total. The van der Waals surface area contributed by atoms with Gasteiger partial charge in [0.2, 0.25) is 15.9 Å². The molecule has 0 fully saturated rings. The Labute approximate surface area is 161 Å². The number of aryl methyl sites for hydroxylation is 1. The van der Waals surface area contributed by atoms with Crippen LogP contribution in [0.3, 0.4) is 0 Å². The molecule has 0 bridgehead atoms. The van der Waals surface area contributed by atoms with Gasteiger partial charge in [-0.3, -0.25) is 9.10 Å². The summed E-state index contributed by atoms with van der Waals surface area (Å²) in [4.78, 5) is 12.8. The lowest BCUT2D eigenvalue weighted by Gasteiger charge is -2.30. The molecule has 1 unspecified atom stereocenters. The summed E-state index contributed by atoms with van der Waals surface area (Å²) < 4.78 is 31.3. The standard InChI is InChI=1S/C20H26N2O4S/c1-5-19(20(23)21-14-16-9-6-8-15(2)12-16)22(27(4,24)25)17-10-7-11-18(13-17)26-3/h6-13,19H,5,14H2,1-4H3,(H,21,23). The number of amides is 1. The fourth-order valence-corrected chi connectivity index (χ4v) is 4.14. The molecule has 1 atom stereocenters. The Morgan fingerprint density at radius 1 is 1.19 bits per heavy atom. The Kier molecular flexibility index (Phi) is 6.85. The number of anilines is 1. The van der Waals surface area contributed by atoms with Crippen LogP contribution in [-0.2, 0) is 21.4 Å². The average Bonchev–Trinajstić information content (AvgIpc) is 2.63. The summed E-state index contributed by atoms with van der Waals surface area (Å²) in [5.41, 5.74) is 2.46. The summed E-state index contributed by atoms with van der Waals surface area (Å²) in [5, 5.41) is 2.85. The first-order valence-electron chi connectivity index (χ1n) is 8.73. The lowest BCUT2D eigenvalue weighted by Crippen LogP contribution is -2.49. The Bertz CT molecular complexity index is 896. The van der Waals surface area contributed by atoms with E-state index in [2.05, 4.69) is 5.32 Å². The molecule has 27 heavy (non-hydrogen) atoms. The Morgan fingerprint density at radius 2 is 1.89 bits per heavy atom. The first-order chi connectivity index (χ1) is 12.8. The maximum absolute atomic E-state index is 12.8. The number of benzene rings is 2. The average molecular weight is 391 g/mol. The highest BCUT2D eigenvalue weighted by molar-refractivity contribution is 7.92. The number of hydrogen-bond acceptors (Lipinski definition) is 4. The highest BCUT2D eigenvalue weighted by Gasteiger charge is 2.31. The second-order valence-corrected chi connectivity index (χ2v) is 8.25. The summed E-state index contributed by atoms with van der Waals surface area (Å²) in [7, 11) is -2.16. The molecule has 0 aromatic heterocycles. The predicted molar refractivity (Wildman–Crippen MR) is 107 cm³/mol. The van der Waals surface area contributed by atoms with Crippen molar-refractivity contribution in [3.05, 3.63) is 59.7 Å². The third-order valence-electron chi connectivity index (χ3n) is 4.19. The van der Waals surface area contributed by atoms with Crippen molar-refractivity contribution < 1.29 is 17.9 Å². The second-order valence-electron chi connectivity index (χ2n) is 6.39. The van der Waals surface area contributed by atoms with Crippen LogP contribution >= 0.6 is 0 Å². The van der Waals surface area contributed by atoms with Crippen molar-refractivity contribution in [2.24, 2.45) is 0 Å². The number of methoxy groups -OCH3 is 1. The maximum atomic E-state index is 12.8. The molecule has 146 valence electrons. The van der Waals surface area contributed by atoms with Crippen LogP contribution in [0.25, 0.3) is 0 Å². The van der Waals surface area contributed by atoms with E-state index in [1.807, 2.05) is 31.2 Å². The van der Waals surface area contributed by atoms with Crippen LogP contribution in [0.2, 0.25) is 0 Å². The highest BCUT2D eigenvalue weighted by Crippen LogP contribution is 2.26. The number of carbonyl (C=O) groups is 1. The first-order valence-corrected chi connectivity index (χ1v) is 10.6. The van der Waals surface area contributed by atoms with Crippen molar-refractivity contribution in [3.8, 4) is 5.75 Å². The summed E-state index contributed by atoms with van der Waals surface area (Å²) in [6.45, 7) is 4.11. The van der Waals surface area contributed by atoms with Crippen LogP contribution in [0.1, 0.15) is 24.5 Å². The van der Waals surface area contributed by atoms with Gasteiger partial charge in [0.25, 0.3) is 0 Å². The number of nitrogens with one attached hydrogen (secondary N) is 1. The largest absolute Gasteiger partial charge is 0.497 e. The topological polar surface area (TPSA) is 75.7 Å². The second kappa shape index (κ2) is 8.90. The lowest BCUT2D eigenvalue weighted by atomic mass is 10.1. The van der Waals surface area contributed by atoms with E-state index in [-0.39, 0.29) is 5.91 Å². The van der Waals surface area contributed by atoms with Gasteiger partial charge in [-0.15, -0.1) is 0 Å². The quantitative estimate of drug-likeness (QED) is 0.752. The third-order valence-corrected chi connectivity index (χ3v) is 5.37. The molecular formula is C20H26N2O4S. The van der Waals surface area contributed by atoms with Gasteiger partial charge in [-0.1, -0.05) is 42.8 Å². The van der Waals surface area contributed by atoms with Gasteiger partial charge >= 0.3 is 0 Å². The van der Waals surface area contributed by atoms with E-state index in [1.165, 1.54) is 7.11 Å². The van der Waals surface area contributed by atoms with Gasteiger partial charge in [0.05, 0.1) is 19.1 Å². The summed E-state index contributed by atoms with van der Waals surface area (Å²) >= 11 is 0. The van der Waals surface area contributed by atoms with Crippen LogP contribution in [0, 0.1) is 6.92 Å². The molecule has 2 rings (SSSR count).